The minimum atomic E-state index is -0.676. The van der Waals surface area contributed by atoms with Gasteiger partial charge in [0, 0.05) is 32.7 Å². The summed E-state index contributed by atoms with van der Waals surface area (Å²) in [4.78, 5) is 30.7. The molecule has 1 N–H and O–H groups in total. The predicted octanol–water partition coefficient (Wildman–Crippen LogP) is 2.70. The van der Waals surface area contributed by atoms with Crippen LogP contribution in [-0.4, -0.2) is 70.7 Å². The van der Waals surface area contributed by atoms with Gasteiger partial charge >= 0.3 is 0 Å². The van der Waals surface area contributed by atoms with Crippen LogP contribution in [0.3, 0.4) is 0 Å². The fraction of sp³-hybridized carbons (Fsp3) is 0.762. The number of piperidine rings is 1. The molecule has 1 spiro atoms. The van der Waals surface area contributed by atoms with Crippen molar-refractivity contribution in [2.45, 2.75) is 69.2 Å². The molecule has 3 aliphatic rings. The van der Waals surface area contributed by atoms with Crippen LogP contribution < -0.4 is 0 Å². The van der Waals surface area contributed by atoms with Crippen molar-refractivity contribution >= 4 is 11.8 Å². The molecule has 4 rings (SSSR count). The predicted molar refractivity (Wildman–Crippen MR) is 105 cm³/mol. The molecular weight excluding hydrogens is 356 g/mol. The first-order valence-corrected chi connectivity index (χ1v) is 10.8. The van der Waals surface area contributed by atoms with E-state index in [9.17, 15) is 9.59 Å². The quantitative estimate of drug-likeness (QED) is 0.841. The van der Waals surface area contributed by atoms with Crippen LogP contribution in [0.4, 0.5) is 0 Å². The SMILES string of the molecule is COCCN1CCCC2(CCCN2C(=O)c2cn[nH]c2C2CCCCC2)C1=O. The maximum absolute atomic E-state index is 13.6. The normalized spacial score (nSPS) is 26.4. The topological polar surface area (TPSA) is 78.5 Å². The summed E-state index contributed by atoms with van der Waals surface area (Å²) < 4.78 is 5.17. The number of carbonyl (C=O) groups excluding carboxylic acids is 2. The van der Waals surface area contributed by atoms with Crippen molar-refractivity contribution in [1.29, 1.82) is 0 Å². The van der Waals surface area contributed by atoms with Gasteiger partial charge in [-0.2, -0.15) is 5.10 Å². The van der Waals surface area contributed by atoms with Gasteiger partial charge in [0.2, 0.25) is 5.91 Å². The lowest BCUT2D eigenvalue weighted by Crippen LogP contribution is -2.61. The summed E-state index contributed by atoms with van der Waals surface area (Å²) in [5.41, 5.74) is 0.978. The van der Waals surface area contributed by atoms with Gasteiger partial charge in [-0.15, -0.1) is 0 Å². The Balaban J connectivity index is 1.57. The van der Waals surface area contributed by atoms with Crippen LogP contribution >= 0.6 is 0 Å². The second-order valence-corrected chi connectivity index (χ2v) is 8.51. The van der Waals surface area contributed by atoms with Gasteiger partial charge in [-0.3, -0.25) is 14.7 Å². The zero-order valence-electron chi connectivity index (χ0n) is 16.9. The van der Waals surface area contributed by atoms with E-state index in [0.29, 0.717) is 31.2 Å². The number of hydrogen-bond donors (Lipinski definition) is 1. The van der Waals surface area contributed by atoms with Gasteiger partial charge in [0.15, 0.2) is 0 Å². The number of carbonyl (C=O) groups is 2. The second-order valence-electron chi connectivity index (χ2n) is 8.51. The molecule has 1 aromatic heterocycles. The fourth-order valence-corrected chi connectivity index (χ4v) is 5.45. The summed E-state index contributed by atoms with van der Waals surface area (Å²) in [5.74, 6) is 0.465. The lowest BCUT2D eigenvalue weighted by atomic mass is 9.83. The van der Waals surface area contributed by atoms with Crippen molar-refractivity contribution in [3.8, 4) is 0 Å². The van der Waals surface area contributed by atoms with Crippen LogP contribution in [0.1, 0.15) is 79.8 Å². The van der Waals surface area contributed by atoms with Crippen LogP contribution in [0.15, 0.2) is 6.20 Å². The highest BCUT2D eigenvalue weighted by Crippen LogP contribution is 2.40. The van der Waals surface area contributed by atoms with Crippen LogP contribution in [0, 0.1) is 0 Å². The lowest BCUT2D eigenvalue weighted by Gasteiger charge is -2.44. The Morgan fingerprint density at radius 1 is 1.21 bits per heavy atom. The van der Waals surface area contributed by atoms with Crippen molar-refractivity contribution in [2.24, 2.45) is 0 Å². The van der Waals surface area contributed by atoms with Gasteiger partial charge in [-0.25, -0.2) is 0 Å². The molecule has 1 atom stereocenters. The molecule has 2 saturated heterocycles. The molecule has 1 unspecified atom stereocenters. The lowest BCUT2D eigenvalue weighted by molar-refractivity contribution is -0.146. The maximum atomic E-state index is 13.6. The first-order chi connectivity index (χ1) is 13.7. The Labute approximate surface area is 166 Å². The number of rotatable bonds is 5. The summed E-state index contributed by atoms with van der Waals surface area (Å²) in [6.45, 7) is 2.53. The van der Waals surface area contributed by atoms with E-state index in [1.165, 1.54) is 19.3 Å². The molecule has 1 aliphatic carbocycles. The molecule has 2 amide bonds. The Morgan fingerprint density at radius 3 is 2.71 bits per heavy atom. The molecule has 2 aliphatic heterocycles. The first-order valence-electron chi connectivity index (χ1n) is 10.8. The molecule has 28 heavy (non-hydrogen) atoms. The first kappa shape index (κ1) is 19.4. The number of hydrogen-bond acceptors (Lipinski definition) is 4. The summed E-state index contributed by atoms with van der Waals surface area (Å²) in [6.07, 6.45) is 10.9. The summed E-state index contributed by atoms with van der Waals surface area (Å²) >= 11 is 0. The molecule has 0 radical (unpaired) electrons. The molecule has 1 saturated carbocycles. The van der Waals surface area contributed by atoms with E-state index in [0.717, 1.165) is 50.8 Å². The second kappa shape index (κ2) is 8.23. The molecule has 1 aromatic rings. The van der Waals surface area contributed by atoms with Gasteiger partial charge in [0.1, 0.15) is 5.54 Å². The van der Waals surface area contributed by atoms with Gasteiger partial charge < -0.3 is 14.5 Å². The number of H-pyrrole nitrogens is 1. The van der Waals surface area contributed by atoms with Gasteiger partial charge in [0.05, 0.1) is 24.1 Å². The minimum absolute atomic E-state index is 0.0197. The van der Waals surface area contributed by atoms with E-state index in [1.54, 1.807) is 13.3 Å². The average molecular weight is 389 g/mol. The number of amides is 2. The third kappa shape index (κ3) is 3.34. The Morgan fingerprint density at radius 2 is 1.96 bits per heavy atom. The van der Waals surface area contributed by atoms with Crippen molar-refractivity contribution in [2.75, 3.05) is 33.4 Å². The molecule has 154 valence electrons. The molecule has 0 bridgehead atoms. The van der Waals surface area contributed by atoms with Gasteiger partial charge in [-0.05, 0) is 38.5 Å². The van der Waals surface area contributed by atoms with Crippen LogP contribution in [0.5, 0.6) is 0 Å². The van der Waals surface area contributed by atoms with Crippen molar-refractivity contribution in [3.63, 3.8) is 0 Å². The highest BCUT2D eigenvalue weighted by atomic mass is 16.5. The summed E-state index contributed by atoms with van der Waals surface area (Å²) in [7, 11) is 1.65. The minimum Gasteiger partial charge on any atom is -0.383 e. The highest BCUT2D eigenvalue weighted by Gasteiger charge is 2.53. The van der Waals surface area contributed by atoms with Crippen LogP contribution in [0.2, 0.25) is 0 Å². The largest absolute Gasteiger partial charge is 0.383 e. The van der Waals surface area contributed by atoms with E-state index in [4.69, 9.17) is 4.74 Å². The van der Waals surface area contributed by atoms with Crippen molar-refractivity contribution in [1.82, 2.24) is 20.0 Å². The van der Waals surface area contributed by atoms with E-state index >= 15 is 0 Å². The number of aromatic nitrogens is 2. The standard InChI is InChI=1S/C21H32N4O3/c1-28-14-13-24-11-5-9-21(20(24)27)10-6-12-25(21)19(26)17-15-22-23-18(17)16-7-3-2-4-8-16/h15-16H,2-14H2,1H3,(H,22,23). The number of aromatic amines is 1. The monoisotopic (exact) mass is 388 g/mol. The van der Waals surface area contributed by atoms with E-state index in [-0.39, 0.29) is 11.8 Å². The third-order valence-corrected chi connectivity index (χ3v) is 6.92. The Bertz CT molecular complexity index is 712. The van der Waals surface area contributed by atoms with E-state index in [1.807, 2.05) is 9.80 Å². The van der Waals surface area contributed by atoms with E-state index in [2.05, 4.69) is 10.2 Å². The molecule has 7 heteroatoms. The molecule has 3 fully saturated rings. The van der Waals surface area contributed by atoms with Gasteiger partial charge in [-0.1, -0.05) is 19.3 Å². The van der Waals surface area contributed by atoms with Crippen LogP contribution in [0.25, 0.3) is 0 Å². The van der Waals surface area contributed by atoms with E-state index < -0.39 is 5.54 Å². The molecule has 0 aromatic carbocycles. The summed E-state index contributed by atoms with van der Waals surface area (Å²) in [5, 5.41) is 7.32. The van der Waals surface area contributed by atoms with Crippen molar-refractivity contribution in [3.05, 3.63) is 17.5 Å². The Hall–Kier alpha value is -1.89. The third-order valence-electron chi connectivity index (χ3n) is 6.92. The molecular formula is C21H32N4O3. The van der Waals surface area contributed by atoms with Crippen molar-refractivity contribution < 1.29 is 14.3 Å². The number of nitrogens with one attached hydrogen (secondary N) is 1. The van der Waals surface area contributed by atoms with Crippen LogP contribution in [-0.2, 0) is 9.53 Å². The average Bonchev–Trinajstić information content (AvgIpc) is 3.37. The Kier molecular flexibility index (Phi) is 5.71. The number of nitrogens with zero attached hydrogens (tertiary/aromatic N) is 3. The van der Waals surface area contributed by atoms with Gasteiger partial charge in [0.25, 0.3) is 5.91 Å². The zero-order valence-corrected chi connectivity index (χ0v) is 16.9. The molecule has 7 nitrogen and oxygen atoms in total. The fourth-order valence-electron chi connectivity index (χ4n) is 5.45. The summed E-state index contributed by atoms with van der Waals surface area (Å²) in [6, 6.07) is 0. The number of methoxy groups -OCH3 is 1. The number of ether oxygens (including phenoxy) is 1. The highest BCUT2D eigenvalue weighted by molar-refractivity contribution is 6.00. The number of likely N-dealkylation sites (tertiary alicyclic amines) is 2. The zero-order chi connectivity index (χ0) is 19.6. The maximum Gasteiger partial charge on any atom is 0.258 e. The molecule has 3 heterocycles. The smallest absolute Gasteiger partial charge is 0.258 e.